The molecule has 4 nitrogen and oxygen atoms in total. The molecule has 15 heavy (non-hydrogen) atoms. The summed E-state index contributed by atoms with van der Waals surface area (Å²) >= 11 is 0. The van der Waals surface area contributed by atoms with Gasteiger partial charge in [0.05, 0.1) is 16.7 Å². The lowest BCUT2D eigenvalue weighted by atomic mass is 9.99. The van der Waals surface area contributed by atoms with E-state index in [2.05, 4.69) is 6.58 Å². The van der Waals surface area contributed by atoms with Gasteiger partial charge in [-0.2, -0.15) is 0 Å². The lowest BCUT2D eigenvalue weighted by Crippen LogP contribution is -2.19. The van der Waals surface area contributed by atoms with E-state index < -0.39 is 4.92 Å². The normalized spacial score (nSPS) is 14.6. The summed E-state index contributed by atoms with van der Waals surface area (Å²) in [6, 6.07) is 7.49. The summed E-state index contributed by atoms with van der Waals surface area (Å²) in [4.78, 5) is 12.1. The molecule has 1 aromatic rings. The predicted molar refractivity (Wildman–Crippen MR) is 59.0 cm³/mol. The second-order valence-electron chi connectivity index (χ2n) is 3.38. The van der Waals surface area contributed by atoms with Crippen LogP contribution in [0.1, 0.15) is 5.56 Å². The molecule has 0 fully saturated rings. The summed E-state index contributed by atoms with van der Waals surface area (Å²) in [5.41, 5.74) is 2.27. The van der Waals surface area contributed by atoms with Crippen molar-refractivity contribution >= 4 is 11.3 Å². The molecule has 0 amide bonds. The van der Waals surface area contributed by atoms with Crippen molar-refractivity contribution in [2.24, 2.45) is 0 Å². The molecule has 0 spiro atoms. The first-order chi connectivity index (χ1) is 7.11. The molecular formula is C11H10N2O2. The van der Waals surface area contributed by atoms with Gasteiger partial charge in [0.1, 0.15) is 0 Å². The van der Waals surface area contributed by atoms with Crippen LogP contribution >= 0.6 is 0 Å². The SMILES string of the molecule is C=C1C([N+](=O)[O-])=CN(C)c2ccccc21. The molecular weight excluding hydrogens is 192 g/mol. The Balaban J connectivity index is 2.58. The van der Waals surface area contributed by atoms with Crippen molar-refractivity contribution in [3.8, 4) is 0 Å². The molecule has 1 heterocycles. The Morgan fingerprint density at radius 1 is 1.40 bits per heavy atom. The molecule has 1 aliphatic heterocycles. The Hall–Kier alpha value is -2.10. The Morgan fingerprint density at radius 3 is 2.73 bits per heavy atom. The fourth-order valence-electron chi connectivity index (χ4n) is 1.66. The second kappa shape index (κ2) is 3.24. The molecule has 0 saturated carbocycles. The van der Waals surface area contributed by atoms with Crippen LogP contribution in [0.25, 0.3) is 5.57 Å². The lowest BCUT2D eigenvalue weighted by Gasteiger charge is -2.23. The summed E-state index contributed by atoms with van der Waals surface area (Å²) in [6.07, 6.45) is 1.49. The first-order valence-electron chi connectivity index (χ1n) is 4.49. The zero-order chi connectivity index (χ0) is 11.0. The van der Waals surface area contributed by atoms with Gasteiger partial charge >= 0.3 is 0 Å². The summed E-state index contributed by atoms with van der Waals surface area (Å²) in [6.45, 7) is 3.76. The third kappa shape index (κ3) is 1.40. The Morgan fingerprint density at radius 2 is 2.07 bits per heavy atom. The quantitative estimate of drug-likeness (QED) is 0.518. The fraction of sp³-hybridized carbons (Fsp3) is 0.0909. The Labute approximate surface area is 87.3 Å². The highest BCUT2D eigenvalue weighted by Crippen LogP contribution is 2.34. The molecule has 0 bridgehead atoms. The summed E-state index contributed by atoms with van der Waals surface area (Å²) in [5.74, 6) is 0. The molecule has 4 heteroatoms. The van der Waals surface area contributed by atoms with Gasteiger partial charge in [0.25, 0.3) is 5.70 Å². The number of anilines is 1. The third-order valence-corrected chi connectivity index (χ3v) is 2.43. The number of allylic oxidation sites excluding steroid dienone is 1. The number of rotatable bonds is 1. The van der Waals surface area contributed by atoms with Crippen molar-refractivity contribution < 1.29 is 4.92 Å². The minimum Gasteiger partial charge on any atom is -0.344 e. The van der Waals surface area contributed by atoms with Crippen molar-refractivity contribution in [3.05, 3.63) is 58.4 Å². The molecule has 76 valence electrons. The summed E-state index contributed by atoms with van der Waals surface area (Å²) < 4.78 is 0. The second-order valence-corrected chi connectivity index (χ2v) is 3.38. The van der Waals surface area contributed by atoms with E-state index >= 15 is 0 Å². The number of nitro groups is 1. The van der Waals surface area contributed by atoms with Gasteiger partial charge in [-0.3, -0.25) is 10.1 Å². The standard InChI is InChI=1S/C11H10N2O2/c1-8-9-5-3-4-6-10(9)12(2)7-11(8)13(14)15/h3-7H,1H2,2H3. The molecule has 0 atom stereocenters. The van der Waals surface area contributed by atoms with Crippen LogP contribution in [-0.4, -0.2) is 12.0 Å². The zero-order valence-corrected chi connectivity index (χ0v) is 8.30. The highest BCUT2D eigenvalue weighted by molar-refractivity contribution is 5.86. The highest BCUT2D eigenvalue weighted by atomic mass is 16.6. The molecule has 0 aliphatic carbocycles. The Bertz CT molecular complexity index is 477. The summed E-state index contributed by atoms with van der Waals surface area (Å²) in [5, 5.41) is 10.8. The van der Waals surface area contributed by atoms with Crippen molar-refractivity contribution in [1.29, 1.82) is 0 Å². The van der Waals surface area contributed by atoms with Gasteiger partial charge in [0, 0.05) is 18.3 Å². The molecule has 1 aliphatic rings. The predicted octanol–water partition coefficient (Wildman–Crippen LogP) is 2.27. The molecule has 0 N–H and O–H groups in total. The number of nitrogens with zero attached hydrogens (tertiary/aromatic N) is 2. The minimum absolute atomic E-state index is 0.0520. The van der Waals surface area contributed by atoms with Crippen LogP contribution < -0.4 is 4.90 Å². The van der Waals surface area contributed by atoms with Crippen LogP contribution in [0.4, 0.5) is 5.69 Å². The molecule has 2 rings (SSSR count). The largest absolute Gasteiger partial charge is 0.344 e. The van der Waals surface area contributed by atoms with E-state index in [-0.39, 0.29) is 5.70 Å². The number of fused-ring (bicyclic) bond motifs is 1. The molecule has 0 radical (unpaired) electrons. The van der Waals surface area contributed by atoms with Crippen molar-refractivity contribution in [2.75, 3.05) is 11.9 Å². The van der Waals surface area contributed by atoms with Gasteiger partial charge in [-0.05, 0) is 6.07 Å². The fourth-order valence-corrected chi connectivity index (χ4v) is 1.66. The Kier molecular flexibility index (Phi) is 2.04. The van der Waals surface area contributed by atoms with Crippen molar-refractivity contribution in [2.45, 2.75) is 0 Å². The van der Waals surface area contributed by atoms with Crippen LogP contribution in [-0.2, 0) is 0 Å². The van der Waals surface area contributed by atoms with E-state index in [0.717, 1.165) is 11.3 Å². The van der Waals surface area contributed by atoms with Gasteiger partial charge in [-0.25, -0.2) is 0 Å². The van der Waals surface area contributed by atoms with Crippen LogP contribution in [0.15, 0.2) is 42.7 Å². The zero-order valence-electron chi connectivity index (χ0n) is 8.30. The van der Waals surface area contributed by atoms with E-state index in [1.54, 1.807) is 11.9 Å². The van der Waals surface area contributed by atoms with E-state index in [1.165, 1.54) is 6.20 Å². The van der Waals surface area contributed by atoms with Crippen LogP contribution in [0.3, 0.4) is 0 Å². The number of hydrogen-bond acceptors (Lipinski definition) is 3. The third-order valence-electron chi connectivity index (χ3n) is 2.43. The first-order valence-corrected chi connectivity index (χ1v) is 4.49. The smallest absolute Gasteiger partial charge is 0.292 e. The first kappa shape index (κ1) is 9.45. The molecule has 1 aromatic carbocycles. The van der Waals surface area contributed by atoms with E-state index in [0.29, 0.717) is 5.57 Å². The van der Waals surface area contributed by atoms with E-state index in [9.17, 15) is 10.1 Å². The van der Waals surface area contributed by atoms with Crippen molar-refractivity contribution in [1.82, 2.24) is 0 Å². The maximum Gasteiger partial charge on any atom is 0.292 e. The molecule has 0 aromatic heterocycles. The van der Waals surface area contributed by atoms with Crippen LogP contribution in [0.2, 0.25) is 0 Å². The highest BCUT2D eigenvalue weighted by Gasteiger charge is 2.25. The maximum atomic E-state index is 10.8. The molecule has 0 saturated heterocycles. The lowest BCUT2D eigenvalue weighted by molar-refractivity contribution is -0.417. The van der Waals surface area contributed by atoms with Gasteiger partial charge in [0.15, 0.2) is 0 Å². The monoisotopic (exact) mass is 202 g/mol. The van der Waals surface area contributed by atoms with Gasteiger partial charge in [0.2, 0.25) is 0 Å². The summed E-state index contributed by atoms with van der Waals surface area (Å²) in [7, 11) is 1.79. The van der Waals surface area contributed by atoms with E-state index in [4.69, 9.17) is 0 Å². The van der Waals surface area contributed by atoms with Crippen LogP contribution in [0, 0.1) is 10.1 Å². The minimum atomic E-state index is -0.408. The molecule has 0 unspecified atom stereocenters. The number of benzene rings is 1. The number of para-hydroxylation sites is 1. The average Bonchev–Trinajstić information content (AvgIpc) is 2.23. The maximum absolute atomic E-state index is 10.8. The average molecular weight is 202 g/mol. The van der Waals surface area contributed by atoms with Gasteiger partial charge in [-0.15, -0.1) is 0 Å². The van der Waals surface area contributed by atoms with E-state index in [1.807, 2.05) is 24.3 Å². The van der Waals surface area contributed by atoms with Crippen LogP contribution in [0.5, 0.6) is 0 Å². The van der Waals surface area contributed by atoms with Gasteiger partial charge < -0.3 is 4.90 Å². The van der Waals surface area contributed by atoms with Crippen molar-refractivity contribution in [3.63, 3.8) is 0 Å². The van der Waals surface area contributed by atoms with Gasteiger partial charge in [-0.1, -0.05) is 24.8 Å². The topological polar surface area (TPSA) is 46.4 Å². The number of hydrogen-bond donors (Lipinski definition) is 0.